The summed E-state index contributed by atoms with van der Waals surface area (Å²) in [6, 6.07) is 7.75. The van der Waals surface area contributed by atoms with E-state index in [1.54, 1.807) is 25.1 Å². The molecule has 0 atom stereocenters. The van der Waals surface area contributed by atoms with Gasteiger partial charge in [0.2, 0.25) is 0 Å². The van der Waals surface area contributed by atoms with Gasteiger partial charge in [0.25, 0.3) is 0 Å². The summed E-state index contributed by atoms with van der Waals surface area (Å²) in [5.74, 6) is -1.86. The Morgan fingerprint density at radius 2 is 1.69 bits per heavy atom. The van der Waals surface area contributed by atoms with Crippen LogP contribution in [0, 0.1) is 6.92 Å². The molecule has 9 heteroatoms. The zero-order valence-electron chi connectivity index (χ0n) is 13.7. The van der Waals surface area contributed by atoms with Crippen LogP contribution in [0.25, 0.3) is 0 Å². The summed E-state index contributed by atoms with van der Waals surface area (Å²) in [6.45, 7) is 1.78. The van der Waals surface area contributed by atoms with E-state index in [1.165, 1.54) is 7.11 Å². The number of carbonyl (C=O) groups is 2. The van der Waals surface area contributed by atoms with E-state index in [1.807, 2.05) is 0 Å². The topological polar surface area (TPSA) is 67.4 Å². The predicted octanol–water partition coefficient (Wildman–Crippen LogP) is 4.25. The van der Waals surface area contributed by atoms with Gasteiger partial charge in [-0.3, -0.25) is 9.59 Å². The van der Waals surface area contributed by atoms with Gasteiger partial charge in [-0.15, -0.1) is 0 Å². The van der Waals surface area contributed by atoms with Gasteiger partial charge in [-0.1, -0.05) is 17.7 Å². The standard InChI is InChI=1S/C17H14ClF3N2O3/c1-9-3-6-14(26-2)13(7-9)23-16(25)15(24)22-10-4-5-12(18)11(8-10)17(19,20)21/h3-8H,1-2H3,(H,22,24)(H,23,25). The zero-order valence-corrected chi connectivity index (χ0v) is 14.5. The first-order chi connectivity index (χ1) is 12.1. The Hall–Kier alpha value is -2.74. The molecule has 2 N–H and O–H groups in total. The number of aryl methyl sites for hydroxylation is 1. The number of rotatable bonds is 3. The average Bonchev–Trinajstić information content (AvgIpc) is 2.55. The molecule has 0 saturated carbocycles. The molecule has 2 rings (SSSR count). The van der Waals surface area contributed by atoms with Crippen LogP contribution in [0.1, 0.15) is 11.1 Å². The molecular formula is C17H14ClF3N2O3. The number of nitrogens with one attached hydrogen (secondary N) is 2. The van der Waals surface area contributed by atoms with E-state index >= 15 is 0 Å². The summed E-state index contributed by atoms with van der Waals surface area (Å²) in [5.41, 5.74) is -0.246. The smallest absolute Gasteiger partial charge is 0.417 e. The first kappa shape index (κ1) is 19.6. The largest absolute Gasteiger partial charge is 0.495 e. The minimum atomic E-state index is -4.69. The van der Waals surface area contributed by atoms with Gasteiger partial charge in [0.1, 0.15) is 5.75 Å². The molecule has 138 valence electrons. The van der Waals surface area contributed by atoms with E-state index in [4.69, 9.17) is 16.3 Å². The molecule has 0 aliphatic carbocycles. The lowest BCUT2D eigenvalue weighted by Gasteiger charge is -2.13. The van der Waals surface area contributed by atoms with E-state index in [0.717, 1.165) is 17.7 Å². The monoisotopic (exact) mass is 386 g/mol. The summed E-state index contributed by atoms with van der Waals surface area (Å²) in [7, 11) is 1.40. The Morgan fingerprint density at radius 3 is 2.31 bits per heavy atom. The van der Waals surface area contributed by atoms with Crippen molar-refractivity contribution in [2.45, 2.75) is 13.1 Å². The van der Waals surface area contributed by atoms with Gasteiger partial charge < -0.3 is 15.4 Å². The molecule has 0 fully saturated rings. The maximum absolute atomic E-state index is 12.8. The second kappa shape index (κ2) is 7.65. The highest BCUT2D eigenvalue weighted by Crippen LogP contribution is 2.36. The van der Waals surface area contributed by atoms with E-state index in [2.05, 4.69) is 10.6 Å². The van der Waals surface area contributed by atoms with E-state index in [0.29, 0.717) is 11.8 Å². The molecule has 0 aliphatic heterocycles. The van der Waals surface area contributed by atoms with E-state index in [-0.39, 0.29) is 11.4 Å². The van der Waals surface area contributed by atoms with Crippen LogP contribution in [0.3, 0.4) is 0 Å². The molecule has 26 heavy (non-hydrogen) atoms. The Labute approximate surface area is 152 Å². The average molecular weight is 387 g/mol. The summed E-state index contributed by atoms with van der Waals surface area (Å²) >= 11 is 5.51. The first-order valence-electron chi connectivity index (χ1n) is 7.25. The van der Waals surface area contributed by atoms with Gasteiger partial charge in [0, 0.05) is 5.69 Å². The molecule has 2 aromatic carbocycles. The number of benzene rings is 2. The SMILES string of the molecule is COc1ccc(C)cc1NC(=O)C(=O)Nc1ccc(Cl)c(C(F)(F)F)c1. The Balaban J connectivity index is 2.16. The second-order valence-electron chi connectivity index (χ2n) is 5.30. The highest BCUT2D eigenvalue weighted by atomic mass is 35.5. The molecule has 0 saturated heterocycles. The molecule has 0 heterocycles. The lowest BCUT2D eigenvalue weighted by molar-refractivity contribution is -0.137. The van der Waals surface area contributed by atoms with Crippen LogP contribution in [0.15, 0.2) is 36.4 Å². The van der Waals surface area contributed by atoms with Crippen molar-refractivity contribution < 1.29 is 27.5 Å². The van der Waals surface area contributed by atoms with Crippen LogP contribution >= 0.6 is 11.6 Å². The van der Waals surface area contributed by atoms with Gasteiger partial charge in [-0.25, -0.2) is 0 Å². The molecule has 0 bridgehead atoms. The minimum absolute atomic E-state index is 0.210. The van der Waals surface area contributed by atoms with Gasteiger partial charge in [0.15, 0.2) is 0 Å². The maximum Gasteiger partial charge on any atom is 0.417 e. The third-order valence-electron chi connectivity index (χ3n) is 3.34. The number of anilines is 2. The summed E-state index contributed by atoms with van der Waals surface area (Å²) in [6.07, 6.45) is -4.69. The molecule has 0 spiro atoms. The zero-order chi connectivity index (χ0) is 19.5. The third-order valence-corrected chi connectivity index (χ3v) is 3.67. The van der Waals surface area contributed by atoms with Crippen molar-refractivity contribution in [3.8, 4) is 5.75 Å². The van der Waals surface area contributed by atoms with Crippen LogP contribution < -0.4 is 15.4 Å². The van der Waals surface area contributed by atoms with Gasteiger partial charge in [0.05, 0.1) is 23.4 Å². The highest BCUT2D eigenvalue weighted by molar-refractivity contribution is 6.43. The lowest BCUT2D eigenvalue weighted by atomic mass is 10.2. The van der Waals surface area contributed by atoms with Crippen LogP contribution in [0.4, 0.5) is 24.5 Å². The number of alkyl halides is 3. The number of halogens is 4. The lowest BCUT2D eigenvalue weighted by Crippen LogP contribution is -2.29. The first-order valence-corrected chi connectivity index (χ1v) is 7.63. The van der Waals surface area contributed by atoms with Gasteiger partial charge in [-0.05, 0) is 42.8 Å². The number of hydrogen-bond acceptors (Lipinski definition) is 3. The quantitative estimate of drug-likeness (QED) is 0.775. The Kier molecular flexibility index (Phi) is 5.76. The fraction of sp³-hybridized carbons (Fsp3) is 0.176. The van der Waals surface area contributed by atoms with Crippen LogP contribution in [-0.2, 0) is 15.8 Å². The predicted molar refractivity (Wildman–Crippen MR) is 91.4 cm³/mol. The van der Waals surface area contributed by atoms with Crippen molar-refractivity contribution >= 4 is 34.8 Å². The summed E-state index contributed by atoms with van der Waals surface area (Å²) in [5, 5.41) is 3.95. The summed E-state index contributed by atoms with van der Waals surface area (Å²) < 4.78 is 43.6. The molecule has 0 unspecified atom stereocenters. The normalized spacial score (nSPS) is 11.0. The fourth-order valence-corrected chi connectivity index (χ4v) is 2.33. The van der Waals surface area contributed by atoms with Crippen molar-refractivity contribution in [3.63, 3.8) is 0 Å². The minimum Gasteiger partial charge on any atom is -0.495 e. The highest BCUT2D eigenvalue weighted by Gasteiger charge is 2.33. The van der Waals surface area contributed by atoms with Gasteiger partial charge in [-0.2, -0.15) is 13.2 Å². The third kappa shape index (κ3) is 4.66. The van der Waals surface area contributed by atoms with Crippen LogP contribution in [0.2, 0.25) is 5.02 Å². The van der Waals surface area contributed by atoms with Crippen LogP contribution in [-0.4, -0.2) is 18.9 Å². The van der Waals surface area contributed by atoms with Crippen molar-refractivity contribution in [2.24, 2.45) is 0 Å². The number of ether oxygens (including phenoxy) is 1. The van der Waals surface area contributed by atoms with Crippen LogP contribution in [0.5, 0.6) is 5.75 Å². The molecule has 5 nitrogen and oxygen atoms in total. The van der Waals surface area contributed by atoms with Crippen molar-refractivity contribution in [3.05, 3.63) is 52.5 Å². The summed E-state index contributed by atoms with van der Waals surface area (Å²) in [4.78, 5) is 24.0. The Bertz CT molecular complexity index is 854. The number of amides is 2. The fourth-order valence-electron chi connectivity index (χ4n) is 2.11. The number of carbonyl (C=O) groups excluding carboxylic acids is 2. The number of hydrogen-bond donors (Lipinski definition) is 2. The molecule has 2 aromatic rings. The molecule has 0 aromatic heterocycles. The second-order valence-corrected chi connectivity index (χ2v) is 5.71. The Morgan fingerprint density at radius 1 is 1.04 bits per heavy atom. The maximum atomic E-state index is 12.8. The van der Waals surface area contributed by atoms with Crippen molar-refractivity contribution in [1.29, 1.82) is 0 Å². The molecule has 0 radical (unpaired) electrons. The van der Waals surface area contributed by atoms with Crippen molar-refractivity contribution in [2.75, 3.05) is 17.7 Å². The molecule has 2 amide bonds. The molecule has 0 aliphatic rings. The van der Waals surface area contributed by atoms with Crippen molar-refractivity contribution in [1.82, 2.24) is 0 Å². The van der Waals surface area contributed by atoms with E-state index < -0.39 is 28.6 Å². The number of methoxy groups -OCH3 is 1. The molecular weight excluding hydrogens is 373 g/mol. The van der Waals surface area contributed by atoms with E-state index in [9.17, 15) is 22.8 Å². The van der Waals surface area contributed by atoms with Gasteiger partial charge >= 0.3 is 18.0 Å².